The molecule has 1 aliphatic heterocycles. The average Bonchev–Trinajstić information content (AvgIpc) is 3.34. The molecule has 2 fully saturated rings. The van der Waals surface area contributed by atoms with E-state index in [4.69, 9.17) is 15.6 Å². The van der Waals surface area contributed by atoms with Crippen LogP contribution in [0.2, 0.25) is 0 Å². The quantitative estimate of drug-likeness (QED) is 0.409. The van der Waals surface area contributed by atoms with Gasteiger partial charge in [-0.25, -0.2) is 9.79 Å². The third kappa shape index (κ3) is 3.68. The van der Waals surface area contributed by atoms with Gasteiger partial charge >= 0.3 is 5.97 Å². The highest BCUT2D eigenvalue weighted by Gasteiger charge is 2.48. The van der Waals surface area contributed by atoms with E-state index >= 15 is 0 Å². The molecular formula is C19H27N3O4. The maximum atomic E-state index is 13.0. The van der Waals surface area contributed by atoms with Crippen LogP contribution >= 0.6 is 0 Å². The van der Waals surface area contributed by atoms with Crippen LogP contribution in [0.5, 0.6) is 0 Å². The molecule has 0 radical (unpaired) electrons. The van der Waals surface area contributed by atoms with Crippen molar-refractivity contribution in [1.29, 1.82) is 0 Å². The second-order valence-electron chi connectivity index (χ2n) is 7.03. The molecule has 0 bridgehead atoms. The van der Waals surface area contributed by atoms with Crippen LogP contribution in [0.15, 0.2) is 35.3 Å². The van der Waals surface area contributed by atoms with Crippen molar-refractivity contribution in [3.8, 4) is 0 Å². The second kappa shape index (κ2) is 8.05. The Kier molecular flexibility index (Phi) is 5.78. The molecule has 7 heteroatoms. The fourth-order valence-electron chi connectivity index (χ4n) is 4.00. The lowest BCUT2D eigenvalue weighted by molar-refractivity contribution is -0.178. The molecule has 1 aromatic carbocycles. The van der Waals surface area contributed by atoms with Crippen molar-refractivity contribution in [2.24, 2.45) is 16.6 Å². The van der Waals surface area contributed by atoms with Gasteiger partial charge in [0.25, 0.3) is 0 Å². The number of ether oxygens (including phenoxy) is 1. The standard InChI is InChI=1S/C19H27N3O4/c20-18(21-13-23)22-11-10-16(12-22)26-17(24)19(25,15-8-4-5-9-15)14-6-2-1-3-7-14/h1-3,6-7,15-16,23,25H,4-5,8-13H2,(H2,20,21). The van der Waals surface area contributed by atoms with Gasteiger partial charge in [0.05, 0.1) is 6.54 Å². The maximum Gasteiger partial charge on any atom is 0.343 e. The molecule has 3 rings (SSSR count). The number of aliphatic imine (C=N–C) groups is 1. The Bertz CT molecular complexity index is 645. The monoisotopic (exact) mass is 361 g/mol. The van der Waals surface area contributed by atoms with Gasteiger partial charge in [-0.05, 0) is 18.4 Å². The number of esters is 1. The summed E-state index contributed by atoms with van der Waals surface area (Å²) in [4.78, 5) is 18.6. The van der Waals surface area contributed by atoms with Crippen molar-refractivity contribution < 1.29 is 19.7 Å². The summed E-state index contributed by atoms with van der Waals surface area (Å²) in [6.45, 7) is 0.638. The molecule has 142 valence electrons. The number of hydrogen-bond acceptors (Lipinski definition) is 5. The van der Waals surface area contributed by atoms with Gasteiger partial charge in [-0.2, -0.15) is 0 Å². The second-order valence-corrected chi connectivity index (χ2v) is 7.03. The van der Waals surface area contributed by atoms with E-state index in [0.29, 0.717) is 25.1 Å². The highest BCUT2D eigenvalue weighted by atomic mass is 16.6. The van der Waals surface area contributed by atoms with Crippen LogP contribution in [0, 0.1) is 5.92 Å². The van der Waals surface area contributed by atoms with E-state index < -0.39 is 11.6 Å². The molecule has 1 saturated heterocycles. The summed E-state index contributed by atoms with van der Waals surface area (Å²) in [6, 6.07) is 9.08. The Morgan fingerprint density at radius 3 is 2.62 bits per heavy atom. The van der Waals surface area contributed by atoms with E-state index in [0.717, 1.165) is 25.7 Å². The third-order valence-electron chi connectivity index (χ3n) is 5.45. The highest BCUT2D eigenvalue weighted by molar-refractivity contribution is 5.82. The Labute approximate surface area is 153 Å². The van der Waals surface area contributed by atoms with Crippen LogP contribution in [-0.4, -0.2) is 53.0 Å². The predicted molar refractivity (Wildman–Crippen MR) is 97.1 cm³/mol. The minimum absolute atomic E-state index is 0.129. The first-order valence-electron chi connectivity index (χ1n) is 9.20. The summed E-state index contributed by atoms with van der Waals surface area (Å²) in [7, 11) is 0. The van der Waals surface area contributed by atoms with Crippen molar-refractivity contribution in [2.45, 2.75) is 43.8 Å². The fourth-order valence-corrected chi connectivity index (χ4v) is 4.00. The molecule has 4 N–H and O–H groups in total. The van der Waals surface area contributed by atoms with Gasteiger partial charge in [0.15, 0.2) is 11.6 Å². The molecular weight excluding hydrogens is 334 g/mol. The Morgan fingerprint density at radius 1 is 1.27 bits per heavy atom. The number of guanidine groups is 1. The lowest BCUT2D eigenvalue weighted by Gasteiger charge is -2.33. The van der Waals surface area contributed by atoms with E-state index in [1.54, 1.807) is 17.0 Å². The summed E-state index contributed by atoms with van der Waals surface area (Å²) in [5, 5.41) is 20.3. The van der Waals surface area contributed by atoms with Crippen molar-refractivity contribution in [1.82, 2.24) is 4.90 Å². The zero-order valence-electron chi connectivity index (χ0n) is 14.9. The summed E-state index contributed by atoms with van der Waals surface area (Å²) >= 11 is 0. The number of likely N-dealkylation sites (tertiary alicyclic amines) is 1. The summed E-state index contributed by atoms with van der Waals surface area (Å²) in [6.07, 6.45) is 3.91. The van der Waals surface area contributed by atoms with Crippen LogP contribution < -0.4 is 5.73 Å². The van der Waals surface area contributed by atoms with Crippen molar-refractivity contribution >= 4 is 11.9 Å². The molecule has 0 amide bonds. The van der Waals surface area contributed by atoms with E-state index in [9.17, 15) is 9.90 Å². The lowest BCUT2D eigenvalue weighted by Crippen LogP contribution is -2.45. The molecule has 0 aromatic heterocycles. The van der Waals surface area contributed by atoms with Gasteiger partial charge in [0.2, 0.25) is 0 Å². The number of carbonyl (C=O) groups is 1. The van der Waals surface area contributed by atoms with Crippen molar-refractivity contribution in [3.63, 3.8) is 0 Å². The fraction of sp³-hybridized carbons (Fsp3) is 0.579. The number of rotatable bonds is 5. The summed E-state index contributed by atoms with van der Waals surface area (Å²) in [5.74, 6) is -0.476. The lowest BCUT2D eigenvalue weighted by atomic mass is 9.80. The molecule has 2 unspecified atom stereocenters. The van der Waals surface area contributed by atoms with Gasteiger partial charge in [0.1, 0.15) is 12.8 Å². The molecule has 1 heterocycles. The molecule has 26 heavy (non-hydrogen) atoms. The van der Waals surface area contributed by atoms with Gasteiger partial charge in [0, 0.05) is 18.9 Å². The third-order valence-corrected chi connectivity index (χ3v) is 5.45. The number of nitrogens with zero attached hydrogens (tertiary/aromatic N) is 2. The molecule has 0 spiro atoms. The Morgan fingerprint density at radius 2 is 1.96 bits per heavy atom. The van der Waals surface area contributed by atoms with Crippen molar-refractivity contribution in [3.05, 3.63) is 35.9 Å². The predicted octanol–water partition coefficient (Wildman–Crippen LogP) is 0.946. The van der Waals surface area contributed by atoms with Crippen LogP contribution in [0.1, 0.15) is 37.7 Å². The Hall–Kier alpha value is -2.12. The minimum atomic E-state index is -1.62. The van der Waals surface area contributed by atoms with Crippen molar-refractivity contribution in [2.75, 3.05) is 19.8 Å². The molecule has 1 aliphatic carbocycles. The zero-order chi connectivity index (χ0) is 18.6. The Balaban J connectivity index is 1.74. The SMILES string of the molecule is N/C(=N\CO)N1CCC(OC(=O)C(O)(c2ccccc2)C2CCCC2)C1. The van der Waals surface area contributed by atoms with Crippen LogP contribution in [0.4, 0.5) is 0 Å². The molecule has 2 atom stereocenters. The number of nitrogens with two attached hydrogens (primary N) is 1. The molecule has 1 aromatic rings. The van der Waals surface area contributed by atoms with Gasteiger partial charge in [-0.1, -0.05) is 43.2 Å². The molecule has 2 aliphatic rings. The maximum absolute atomic E-state index is 13.0. The van der Waals surface area contributed by atoms with Crippen LogP contribution in [-0.2, 0) is 15.1 Å². The largest absolute Gasteiger partial charge is 0.458 e. The molecule has 1 saturated carbocycles. The topological polar surface area (TPSA) is 108 Å². The first-order chi connectivity index (χ1) is 12.6. The first kappa shape index (κ1) is 18.7. The van der Waals surface area contributed by atoms with E-state index in [-0.39, 0.29) is 24.7 Å². The minimum Gasteiger partial charge on any atom is -0.458 e. The van der Waals surface area contributed by atoms with Gasteiger partial charge in [-0.15, -0.1) is 0 Å². The number of benzene rings is 1. The van der Waals surface area contributed by atoms with E-state index in [1.807, 2.05) is 18.2 Å². The summed E-state index contributed by atoms with van der Waals surface area (Å²) < 4.78 is 5.70. The van der Waals surface area contributed by atoms with E-state index in [1.165, 1.54) is 0 Å². The molecule has 7 nitrogen and oxygen atoms in total. The van der Waals surface area contributed by atoms with Crippen LogP contribution in [0.25, 0.3) is 0 Å². The number of aliphatic hydroxyl groups excluding tert-OH is 1. The first-order valence-corrected chi connectivity index (χ1v) is 9.20. The van der Waals surface area contributed by atoms with Crippen LogP contribution in [0.3, 0.4) is 0 Å². The van der Waals surface area contributed by atoms with E-state index in [2.05, 4.69) is 4.99 Å². The average molecular weight is 361 g/mol. The zero-order valence-corrected chi connectivity index (χ0v) is 14.9. The summed E-state index contributed by atoms with van der Waals surface area (Å²) in [5.41, 5.74) is 4.76. The number of carbonyl (C=O) groups excluding carboxylic acids is 1. The highest BCUT2D eigenvalue weighted by Crippen LogP contribution is 2.41. The normalized spacial score (nSPS) is 23.8. The van der Waals surface area contributed by atoms with Gasteiger partial charge < -0.3 is 25.6 Å². The smallest absolute Gasteiger partial charge is 0.343 e. The number of hydrogen-bond donors (Lipinski definition) is 3. The van der Waals surface area contributed by atoms with Gasteiger partial charge in [-0.3, -0.25) is 0 Å². The number of aliphatic hydroxyl groups is 2.